The minimum absolute atomic E-state index is 0. The highest BCUT2D eigenvalue weighted by atomic mass is 16.2. The number of nitrogen functional groups attached to an aromatic ring is 3. The second-order valence-electron chi connectivity index (χ2n) is 14.9. The van der Waals surface area contributed by atoms with Gasteiger partial charge in [-0.25, -0.2) is 0 Å². The third-order valence-corrected chi connectivity index (χ3v) is 10.1. The van der Waals surface area contributed by atoms with Crippen LogP contribution in [0, 0.1) is 125 Å². The van der Waals surface area contributed by atoms with Gasteiger partial charge in [0, 0.05) is 46.1 Å². The smallest absolute Gasteiger partial charge is 0.258 e. The quantitative estimate of drug-likeness (QED) is 0.0809. The topological polar surface area (TPSA) is 281 Å². The summed E-state index contributed by atoms with van der Waals surface area (Å²) in [6.07, 6.45) is 5.79. The molecule has 6 aromatic rings. The SMILES string of the molecule is C#CC#CC#CC#CC#CC#CC#CC#CC#CC#CC.Nc1cc(=O)[nH]c(N)n1.Nc1nc2c(c(=O)[nH]1)C(c1ccccc1)C1C(=O)c3ccccc3C1N2.O.O=C1CC(=O)c2ccccc21.O=Cc1ccccc1. The first-order chi connectivity index (χ1) is 36.5. The molecule has 76 heavy (non-hydrogen) atoms. The molecular formula is C61H40N8O7. The van der Waals surface area contributed by atoms with Crippen LogP contribution >= 0.6 is 0 Å². The molecule has 0 saturated carbocycles. The monoisotopic (exact) mass is 996 g/mol. The van der Waals surface area contributed by atoms with Gasteiger partial charge in [-0.15, -0.1) is 6.42 Å². The van der Waals surface area contributed by atoms with Crippen LogP contribution in [0.1, 0.15) is 83.4 Å². The number of benzene rings is 4. The van der Waals surface area contributed by atoms with E-state index in [1.807, 2.05) is 72.8 Å². The fraction of sp³-hybridized carbons (Fsp3) is 0.0820. The number of nitrogens with one attached hydrogen (secondary N) is 3. The van der Waals surface area contributed by atoms with Crippen molar-refractivity contribution in [3.8, 4) is 119 Å². The molecule has 3 atom stereocenters. The summed E-state index contributed by atoms with van der Waals surface area (Å²) in [5, 5.41) is 3.29. The van der Waals surface area contributed by atoms with Crippen molar-refractivity contribution in [1.29, 1.82) is 0 Å². The van der Waals surface area contributed by atoms with Crippen molar-refractivity contribution in [1.82, 2.24) is 19.9 Å². The molecule has 3 unspecified atom stereocenters. The van der Waals surface area contributed by atoms with Crippen LogP contribution in [0.5, 0.6) is 0 Å². The largest absolute Gasteiger partial charge is 0.412 e. The zero-order chi connectivity index (χ0) is 53.8. The molecule has 0 amide bonds. The maximum absolute atomic E-state index is 13.2. The van der Waals surface area contributed by atoms with E-state index in [2.05, 4.69) is 138 Å². The first kappa shape index (κ1) is 56.7. The third-order valence-electron chi connectivity index (χ3n) is 10.1. The number of aldehydes is 1. The van der Waals surface area contributed by atoms with E-state index in [4.69, 9.17) is 23.6 Å². The van der Waals surface area contributed by atoms with Crippen LogP contribution in [-0.2, 0) is 0 Å². The fourth-order valence-corrected chi connectivity index (χ4v) is 7.19. The van der Waals surface area contributed by atoms with Crippen LogP contribution < -0.4 is 33.6 Å². The van der Waals surface area contributed by atoms with Gasteiger partial charge in [0.05, 0.1) is 23.9 Å². The molecule has 15 nitrogen and oxygen atoms in total. The predicted molar refractivity (Wildman–Crippen MR) is 292 cm³/mol. The van der Waals surface area contributed by atoms with E-state index in [0.717, 1.165) is 29.0 Å². The zero-order valence-electron chi connectivity index (χ0n) is 40.1. The summed E-state index contributed by atoms with van der Waals surface area (Å²) in [5.41, 5.74) is 20.3. The normalized spacial score (nSPS) is 13.1. The van der Waals surface area contributed by atoms with Crippen molar-refractivity contribution in [2.75, 3.05) is 22.5 Å². The molecule has 0 bridgehead atoms. The highest BCUT2D eigenvalue weighted by Gasteiger charge is 2.50. The van der Waals surface area contributed by atoms with Crippen molar-refractivity contribution in [3.63, 3.8) is 0 Å². The summed E-state index contributed by atoms with van der Waals surface area (Å²) in [5.74, 6) is 46.8. The number of carbonyl (C=O) groups excluding carboxylic acids is 4. The maximum atomic E-state index is 13.2. The fourth-order valence-electron chi connectivity index (χ4n) is 7.19. The Labute approximate surface area is 437 Å². The number of Topliss-reactive ketones (excluding diaryl/α,β-unsaturated/α-hetero) is 3. The van der Waals surface area contributed by atoms with Gasteiger partial charge in [-0.05, 0) is 113 Å². The van der Waals surface area contributed by atoms with E-state index in [0.29, 0.717) is 28.1 Å². The number of hydrogen-bond donors (Lipinski definition) is 6. The average molecular weight is 997 g/mol. The van der Waals surface area contributed by atoms with Gasteiger partial charge in [-0.3, -0.25) is 38.7 Å². The zero-order valence-corrected chi connectivity index (χ0v) is 40.1. The summed E-state index contributed by atoms with van der Waals surface area (Å²) in [6, 6.07) is 34.2. The third kappa shape index (κ3) is 16.6. The predicted octanol–water partition coefficient (Wildman–Crippen LogP) is 4.20. The van der Waals surface area contributed by atoms with Crippen molar-refractivity contribution in [2.45, 2.75) is 25.3 Å². The molecule has 1 aliphatic heterocycles. The summed E-state index contributed by atoms with van der Waals surface area (Å²) in [4.78, 5) is 81.1. The highest BCUT2D eigenvalue weighted by molar-refractivity contribution is 6.24. The number of aromatic amines is 2. The van der Waals surface area contributed by atoms with Crippen molar-refractivity contribution in [3.05, 3.63) is 175 Å². The van der Waals surface area contributed by atoms with Gasteiger partial charge in [-0.1, -0.05) is 115 Å². The molecule has 0 spiro atoms. The Bertz CT molecular complexity index is 3900. The number of nitrogens with two attached hydrogens (primary N) is 3. The lowest BCUT2D eigenvalue weighted by Crippen LogP contribution is -2.37. The second-order valence-corrected chi connectivity index (χ2v) is 14.9. The van der Waals surface area contributed by atoms with Crippen LogP contribution in [0.25, 0.3) is 0 Å². The Balaban J connectivity index is 0.000000221. The number of H-pyrrole nitrogens is 2. The van der Waals surface area contributed by atoms with E-state index >= 15 is 0 Å². The molecule has 3 aliphatic rings. The number of hydrogen-bond acceptors (Lipinski definition) is 12. The molecule has 2 aromatic heterocycles. The Kier molecular flexibility index (Phi) is 22.3. The summed E-state index contributed by atoms with van der Waals surface area (Å²) < 4.78 is 0. The number of ketones is 3. The Morgan fingerprint density at radius 1 is 0.579 bits per heavy atom. The number of rotatable bonds is 2. The van der Waals surface area contributed by atoms with Crippen molar-refractivity contribution >= 4 is 47.2 Å². The number of carbonyl (C=O) groups is 4. The first-order valence-electron chi connectivity index (χ1n) is 22.0. The van der Waals surface area contributed by atoms with E-state index in [-0.39, 0.29) is 70.0 Å². The molecule has 2 aliphatic carbocycles. The first-order valence-corrected chi connectivity index (χ1v) is 22.0. The summed E-state index contributed by atoms with van der Waals surface area (Å²) in [6.45, 7) is 1.70. The lowest BCUT2D eigenvalue weighted by Gasteiger charge is -2.35. The molecule has 0 saturated heterocycles. The van der Waals surface area contributed by atoms with Crippen molar-refractivity contribution in [2.24, 2.45) is 5.92 Å². The molecule has 4 aromatic carbocycles. The highest BCUT2D eigenvalue weighted by Crippen LogP contribution is 2.51. The second kappa shape index (κ2) is 30.0. The number of anilines is 4. The average Bonchev–Trinajstić information content (AvgIpc) is 3.87. The maximum Gasteiger partial charge on any atom is 0.258 e. The van der Waals surface area contributed by atoms with Crippen LogP contribution in [-0.4, -0.2) is 49.0 Å². The standard InChI is InChI=1S/C21H4.C20H16N4O2.C9H6O2.C7H6O.C4H6N4O.H2O/c1-3-5-7-9-11-13-15-17-19-21-20-18-16-14-12-10-8-6-4-2;21-20-23-18-15(19(26)24-20)13(10-6-2-1-3-7-10)14-16(22-18)11-8-4-5-9-12(11)17(14)25;10-8-5-9(11)7-4-2-1-3-6(7)8;8-6-7-4-2-1-3-5-7;5-2-1-3(9)8-4(6)7-2;/h1H,2H3;1-9,13-14,16H,(H4,21,22,23,24,26);1-4H,5H2;1-6H;1H,(H5,5,6,7,8,9);1H2. The molecule has 9 rings (SSSR count). The van der Waals surface area contributed by atoms with E-state index in [9.17, 15) is 28.8 Å². The molecule has 0 radical (unpaired) electrons. The molecule has 15 heteroatoms. The number of aromatic nitrogens is 4. The van der Waals surface area contributed by atoms with Crippen LogP contribution in [0.4, 0.5) is 23.5 Å². The van der Waals surface area contributed by atoms with E-state index in [1.165, 1.54) is 0 Å². The number of fused-ring (bicyclic) bond motifs is 5. The van der Waals surface area contributed by atoms with Gasteiger partial charge in [0.2, 0.25) is 11.9 Å². The van der Waals surface area contributed by atoms with Gasteiger partial charge in [0.25, 0.3) is 11.1 Å². The number of nitrogens with zero attached hydrogens (tertiary/aromatic N) is 2. The van der Waals surface area contributed by atoms with Crippen LogP contribution in [0.15, 0.2) is 125 Å². The minimum Gasteiger partial charge on any atom is -0.412 e. The number of terminal acetylenes is 1. The Hall–Kier alpha value is -11.9. The van der Waals surface area contributed by atoms with Crippen molar-refractivity contribution < 1.29 is 24.7 Å². The van der Waals surface area contributed by atoms with Gasteiger partial charge < -0.3 is 28.0 Å². The van der Waals surface area contributed by atoms with Crippen LogP contribution in [0.2, 0.25) is 0 Å². The Morgan fingerprint density at radius 2 is 1.04 bits per heavy atom. The molecule has 0 fully saturated rings. The van der Waals surface area contributed by atoms with Gasteiger partial charge in [-0.2, -0.15) is 9.97 Å². The van der Waals surface area contributed by atoms with E-state index in [1.54, 1.807) is 43.3 Å². The molecule has 3 heterocycles. The van der Waals surface area contributed by atoms with Gasteiger partial charge in [0.15, 0.2) is 17.3 Å². The molecule has 366 valence electrons. The molecule has 11 N–H and O–H groups in total. The summed E-state index contributed by atoms with van der Waals surface area (Å²) in [7, 11) is 0. The lowest BCUT2D eigenvalue weighted by molar-refractivity contribution is 0.0905. The molecular weight excluding hydrogens is 957 g/mol. The minimum atomic E-state index is -0.395. The summed E-state index contributed by atoms with van der Waals surface area (Å²) >= 11 is 0. The van der Waals surface area contributed by atoms with Crippen LogP contribution in [0.3, 0.4) is 0 Å². The lowest BCUT2D eigenvalue weighted by atomic mass is 9.75. The van der Waals surface area contributed by atoms with E-state index < -0.39 is 5.92 Å². The van der Waals surface area contributed by atoms with Gasteiger partial charge in [0.1, 0.15) is 17.9 Å². The van der Waals surface area contributed by atoms with Gasteiger partial charge >= 0.3 is 0 Å². The Morgan fingerprint density at radius 3 is 1.51 bits per heavy atom.